The molecule has 1 heterocycles. The number of nitrogens with zero attached hydrogens (tertiary/aromatic N) is 1. The summed E-state index contributed by atoms with van der Waals surface area (Å²) in [7, 11) is 0. The standard InChI is InChI=1S/C19H26N2O2/c1-14-4-6-15(7-5-14)11-16-3-2-10-21(13-16)18(22)12-20-19(23)17-8-9-17/h4-7,16-17H,2-3,8-13H2,1H3,(H,20,23)/t16-/m0/s1. The lowest BCUT2D eigenvalue weighted by atomic mass is 9.91. The third kappa shape index (κ3) is 4.57. The number of aryl methyl sites for hydroxylation is 1. The third-order valence-electron chi connectivity index (χ3n) is 4.88. The van der Waals surface area contributed by atoms with Gasteiger partial charge in [-0.1, -0.05) is 29.8 Å². The van der Waals surface area contributed by atoms with Crippen LogP contribution in [0.1, 0.15) is 36.8 Å². The monoisotopic (exact) mass is 314 g/mol. The van der Waals surface area contributed by atoms with Crippen molar-refractivity contribution in [3.05, 3.63) is 35.4 Å². The van der Waals surface area contributed by atoms with Crippen molar-refractivity contribution in [1.82, 2.24) is 10.2 Å². The zero-order valence-corrected chi connectivity index (χ0v) is 13.9. The lowest BCUT2D eigenvalue weighted by Gasteiger charge is -2.33. The van der Waals surface area contributed by atoms with Crippen molar-refractivity contribution in [3.8, 4) is 0 Å². The zero-order valence-electron chi connectivity index (χ0n) is 13.9. The lowest BCUT2D eigenvalue weighted by molar-refractivity contribution is -0.134. The molecular weight excluding hydrogens is 288 g/mol. The molecule has 1 saturated carbocycles. The summed E-state index contributed by atoms with van der Waals surface area (Å²) in [5.41, 5.74) is 2.62. The number of nitrogens with one attached hydrogen (secondary N) is 1. The van der Waals surface area contributed by atoms with E-state index >= 15 is 0 Å². The summed E-state index contributed by atoms with van der Waals surface area (Å²) < 4.78 is 0. The van der Waals surface area contributed by atoms with Crippen LogP contribution in [0.2, 0.25) is 0 Å². The number of carbonyl (C=O) groups excluding carboxylic acids is 2. The second kappa shape index (κ2) is 7.16. The van der Waals surface area contributed by atoms with Crippen molar-refractivity contribution in [1.29, 1.82) is 0 Å². The highest BCUT2D eigenvalue weighted by Gasteiger charge is 2.30. The number of rotatable bonds is 5. The van der Waals surface area contributed by atoms with E-state index in [1.54, 1.807) is 0 Å². The maximum Gasteiger partial charge on any atom is 0.241 e. The van der Waals surface area contributed by atoms with Gasteiger partial charge in [-0.3, -0.25) is 9.59 Å². The molecule has 1 aliphatic heterocycles. The average Bonchev–Trinajstić information content (AvgIpc) is 3.40. The second-order valence-corrected chi connectivity index (χ2v) is 7.03. The van der Waals surface area contributed by atoms with Crippen LogP contribution in [0.25, 0.3) is 0 Å². The average molecular weight is 314 g/mol. The van der Waals surface area contributed by atoms with Crippen LogP contribution in [-0.2, 0) is 16.0 Å². The topological polar surface area (TPSA) is 49.4 Å². The molecule has 0 radical (unpaired) electrons. The second-order valence-electron chi connectivity index (χ2n) is 7.03. The number of hydrogen-bond donors (Lipinski definition) is 1. The molecule has 0 aromatic heterocycles. The Morgan fingerprint density at radius 1 is 1.17 bits per heavy atom. The van der Waals surface area contributed by atoms with Gasteiger partial charge in [0.15, 0.2) is 0 Å². The molecule has 2 fully saturated rings. The van der Waals surface area contributed by atoms with Gasteiger partial charge in [-0.25, -0.2) is 0 Å². The number of benzene rings is 1. The molecule has 1 N–H and O–H groups in total. The Balaban J connectivity index is 1.47. The summed E-state index contributed by atoms with van der Waals surface area (Å²) >= 11 is 0. The Bertz CT molecular complexity index is 563. The van der Waals surface area contributed by atoms with Gasteiger partial charge in [-0.2, -0.15) is 0 Å². The predicted octanol–water partition coefficient (Wildman–Crippen LogP) is 2.30. The minimum Gasteiger partial charge on any atom is -0.347 e. The largest absolute Gasteiger partial charge is 0.347 e. The van der Waals surface area contributed by atoms with E-state index in [1.165, 1.54) is 17.5 Å². The van der Waals surface area contributed by atoms with E-state index in [1.807, 2.05) is 4.90 Å². The normalized spacial score (nSPS) is 21.1. The number of carbonyl (C=O) groups is 2. The highest BCUT2D eigenvalue weighted by molar-refractivity contribution is 5.86. The number of hydrogen-bond acceptors (Lipinski definition) is 2. The van der Waals surface area contributed by atoms with E-state index in [0.717, 1.165) is 38.8 Å². The molecular formula is C19H26N2O2. The molecule has 4 heteroatoms. The fraction of sp³-hybridized carbons (Fsp3) is 0.579. The number of amides is 2. The van der Waals surface area contributed by atoms with Gasteiger partial charge in [0.05, 0.1) is 6.54 Å². The van der Waals surface area contributed by atoms with Crippen molar-refractivity contribution < 1.29 is 9.59 Å². The van der Waals surface area contributed by atoms with E-state index in [9.17, 15) is 9.59 Å². The van der Waals surface area contributed by atoms with Crippen molar-refractivity contribution in [2.75, 3.05) is 19.6 Å². The maximum absolute atomic E-state index is 12.3. The summed E-state index contributed by atoms with van der Waals surface area (Å²) in [5, 5.41) is 2.78. The van der Waals surface area contributed by atoms with E-state index < -0.39 is 0 Å². The fourth-order valence-corrected chi connectivity index (χ4v) is 3.28. The highest BCUT2D eigenvalue weighted by atomic mass is 16.2. The molecule has 4 nitrogen and oxygen atoms in total. The van der Waals surface area contributed by atoms with Crippen molar-refractivity contribution in [2.45, 2.75) is 39.0 Å². The van der Waals surface area contributed by atoms with Crippen LogP contribution in [0, 0.1) is 18.8 Å². The Labute approximate surface area is 138 Å². The zero-order chi connectivity index (χ0) is 16.2. The molecule has 2 aliphatic rings. The first-order valence-electron chi connectivity index (χ1n) is 8.73. The lowest BCUT2D eigenvalue weighted by Crippen LogP contribution is -2.45. The van der Waals surface area contributed by atoms with Gasteiger partial charge in [0.2, 0.25) is 11.8 Å². The van der Waals surface area contributed by atoms with Crippen LogP contribution >= 0.6 is 0 Å². The Morgan fingerprint density at radius 2 is 1.91 bits per heavy atom. The minimum absolute atomic E-state index is 0.0477. The Morgan fingerprint density at radius 3 is 2.61 bits per heavy atom. The fourth-order valence-electron chi connectivity index (χ4n) is 3.28. The first-order valence-corrected chi connectivity index (χ1v) is 8.73. The van der Waals surface area contributed by atoms with Crippen molar-refractivity contribution in [2.24, 2.45) is 11.8 Å². The molecule has 3 rings (SSSR count). The molecule has 0 spiro atoms. The van der Waals surface area contributed by atoms with E-state index in [-0.39, 0.29) is 24.3 Å². The molecule has 1 atom stereocenters. The number of likely N-dealkylation sites (tertiary alicyclic amines) is 1. The first-order chi connectivity index (χ1) is 11.1. The van der Waals surface area contributed by atoms with Crippen LogP contribution in [0.3, 0.4) is 0 Å². The minimum atomic E-state index is 0.0477. The molecule has 1 aromatic carbocycles. The summed E-state index contributed by atoms with van der Waals surface area (Å²) in [4.78, 5) is 25.9. The summed E-state index contributed by atoms with van der Waals surface area (Å²) in [6.45, 7) is 3.89. The smallest absolute Gasteiger partial charge is 0.241 e. The van der Waals surface area contributed by atoms with Gasteiger partial charge >= 0.3 is 0 Å². The summed E-state index contributed by atoms with van der Waals surface area (Å²) in [5.74, 6) is 0.798. The molecule has 124 valence electrons. The molecule has 23 heavy (non-hydrogen) atoms. The molecule has 0 unspecified atom stereocenters. The van der Waals surface area contributed by atoms with E-state index in [0.29, 0.717) is 5.92 Å². The summed E-state index contributed by atoms with van der Waals surface area (Å²) in [6.07, 6.45) is 5.20. The van der Waals surface area contributed by atoms with Gasteiger partial charge in [0, 0.05) is 19.0 Å². The van der Waals surface area contributed by atoms with Gasteiger partial charge in [0.25, 0.3) is 0 Å². The molecule has 0 bridgehead atoms. The number of piperidine rings is 1. The van der Waals surface area contributed by atoms with Gasteiger partial charge in [0.1, 0.15) is 0 Å². The van der Waals surface area contributed by atoms with Gasteiger partial charge in [-0.15, -0.1) is 0 Å². The van der Waals surface area contributed by atoms with Crippen LogP contribution in [0.4, 0.5) is 0 Å². The Kier molecular flexibility index (Phi) is 4.99. The third-order valence-corrected chi connectivity index (χ3v) is 4.88. The first kappa shape index (κ1) is 16.0. The highest BCUT2D eigenvalue weighted by Crippen LogP contribution is 2.28. The van der Waals surface area contributed by atoms with E-state index in [2.05, 4.69) is 36.5 Å². The van der Waals surface area contributed by atoms with Crippen LogP contribution < -0.4 is 5.32 Å². The molecule has 2 amide bonds. The SMILES string of the molecule is Cc1ccc(C[C@@H]2CCCN(C(=O)CNC(=O)C3CC3)C2)cc1. The Hall–Kier alpha value is -1.84. The predicted molar refractivity (Wildman–Crippen MR) is 89.9 cm³/mol. The quantitative estimate of drug-likeness (QED) is 0.906. The van der Waals surface area contributed by atoms with Crippen LogP contribution in [-0.4, -0.2) is 36.3 Å². The maximum atomic E-state index is 12.3. The summed E-state index contributed by atoms with van der Waals surface area (Å²) in [6, 6.07) is 8.67. The van der Waals surface area contributed by atoms with Crippen molar-refractivity contribution >= 4 is 11.8 Å². The van der Waals surface area contributed by atoms with E-state index in [4.69, 9.17) is 0 Å². The van der Waals surface area contributed by atoms with Crippen LogP contribution in [0.15, 0.2) is 24.3 Å². The van der Waals surface area contributed by atoms with Crippen molar-refractivity contribution in [3.63, 3.8) is 0 Å². The molecule has 1 aromatic rings. The molecule has 1 saturated heterocycles. The van der Waals surface area contributed by atoms with Crippen LogP contribution in [0.5, 0.6) is 0 Å². The van der Waals surface area contributed by atoms with Gasteiger partial charge < -0.3 is 10.2 Å². The van der Waals surface area contributed by atoms with Gasteiger partial charge in [-0.05, 0) is 50.5 Å². The molecule has 1 aliphatic carbocycles.